The van der Waals surface area contributed by atoms with Crippen LogP contribution in [-0.2, 0) is 11.2 Å². The van der Waals surface area contributed by atoms with E-state index in [0.29, 0.717) is 17.8 Å². The van der Waals surface area contributed by atoms with E-state index in [1.807, 2.05) is 18.2 Å². The van der Waals surface area contributed by atoms with Crippen LogP contribution in [0.4, 0.5) is 0 Å². The minimum Gasteiger partial charge on any atom is -0.508 e. The van der Waals surface area contributed by atoms with Crippen LogP contribution in [0.3, 0.4) is 0 Å². The number of hydrogen-bond acceptors (Lipinski definition) is 3. The second kappa shape index (κ2) is 5.32. The molecule has 1 aliphatic heterocycles. The maximum absolute atomic E-state index is 9.74. The fraction of sp³-hybridized carbons (Fsp3) is 0.538. The lowest BCUT2D eigenvalue weighted by atomic mass is 9.89. The van der Waals surface area contributed by atoms with Crippen molar-refractivity contribution in [2.24, 2.45) is 5.92 Å². The van der Waals surface area contributed by atoms with Crippen LogP contribution in [0, 0.1) is 5.92 Å². The zero-order valence-electron chi connectivity index (χ0n) is 9.65. The summed E-state index contributed by atoms with van der Waals surface area (Å²) in [7, 11) is 1.77. The predicted octanol–water partition coefficient (Wildman–Crippen LogP) is 1.56. The van der Waals surface area contributed by atoms with Crippen LogP contribution in [0.5, 0.6) is 5.75 Å². The van der Waals surface area contributed by atoms with E-state index in [4.69, 9.17) is 4.74 Å². The van der Waals surface area contributed by atoms with Gasteiger partial charge in [-0.15, -0.1) is 0 Å². The number of phenols is 1. The molecule has 0 saturated carbocycles. The largest absolute Gasteiger partial charge is 0.508 e. The third-order valence-electron chi connectivity index (χ3n) is 3.31. The quantitative estimate of drug-likeness (QED) is 0.814. The van der Waals surface area contributed by atoms with Crippen LogP contribution in [0.1, 0.15) is 12.0 Å². The van der Waals surface area contributed by atoms with Gasteiger partial charge in [0.05, 0.1) is 6.10 Å². The number of aromatic hydroxyl groups is 1. The molecule has 0 spiro atoms. The topological polar surface area (TPSA) is 41.5 Å². The van der Waals surface area contributed by atoms with Gasteiger partial charge in [0.25, 0.3) is 0 Å². The van der Waals surface area contributed by atoms with Gasteiger partial charge in [-0.1, -0.05) is 18.2 Å². The first-order valence-electron chi connectivity index (χ1n) is 5.81. The Bertz CT molecular complexity index is 340. The summed E-state index contributed by atoms with van der Waals surface area (Å²) < 4.78 is 5.49. The molecular weight excluding hydrogens is 202 g/mol. The summed E-state index contributed by atoms with van der Waals surface area (Å²) in [4.78, 5) is 0. The molecule has 2 atom stereocenters. The molecule has 3 heteroatoms. The lowest BCUT2D eigenvalue weighted by molar-refractivity contribution is 0.0309. The second-order valence-corrected chi connectivity index (χ2v) is 4.36. The summed E-state index contributed by atoms with van der Waals surface area (Å²) in [6.45, 7) is 1.99. The van der Waals surface area contributed by atoms with Gasteiger partial charge in [-0.25, -0.2) is 0 Å². The summed E-state index contributed by atoms with van der Waals surface area (Å²) >= 11 is 0. The molecule has 0 radical (unpaired) electrons. The summed E-state index contributed by atoms with van der Waals surface area (Å²) in [5.74, 6) is 0.843. The third-order valence-corrected chi connectivity index (χ3v) is 3.31. The highest BCUT2D eigenvalue weighted by molar-refractivity contribution is 5.32. The molecule has 0 aromatic heterocycles. The first kappa shape index (κ1) is 11.4. The minimum atomic E-state index is 0.306. The number of rotatable bonds is 3. The normalized spacial score (nSPS) is 25.6. The van der Waals surface area contributed by atoms with Gasteiger partial charge in [-0.2, -0.15) is 0 Å². The number of methoxy groups -OCH3 is 1. The highest BCUT2D eigenvalue weighted by atomic mass is 16.5. The molecule has 1 aromatic rings. The van der Waals surface area contributed by atoms with Gasteiger partial charge >= 0.3 is 0 Å². The molecule has 2 N–H and O–H groups in total. The number of nitrogens with one attached hydrogen (secondary N) is 1. The lowest BCUT2D eigenvalue weighted by Crippen LogP contribution is -2.41. The number of ether oxygens (including phenoxy) is 1. The fourth-order valence-corrected chi connectivity index (χ4v) is 2.38. The van der Waals surface area contributed by atoms with Crippen molar-refractivity contribution in [2.45, 2.75) is 18.9 Å². The van der Waals surface area contributed by atoms with Crippen LogP contribution in [0.15, 0.2) is 24.3 Å². The summed E-state index contributed by atoms with van der Waals surface area (Å²) in [5.41, 5.74) is 1.01. The van der Waals surface area contributed by atoms with E-state index in [-0.39, 0.29) is 0 Å². The van der Waals surface area contributed by atoms with Gasteiger partial charge in [0.2, 0.25) is 0 Å². The van der Waals surface area contributed by atoms with E-state index in [0.717, 1.165) is 31.5 Å². The maximum atomic E-state index is 9.74. The van der Waals surface area contributed by atoms with Crippen molar-refractivity contribution < 1.29 is 9.84 Å². The minimum absolute atomic E-state index is 0.306. The Labute approximate surface area is 96.4 Å². The lowest BCUT2D eigenvalue weighted by Gasteiger charge is -2.31. The van der Waals surface area contributed by atoms with Crippen LogP contribution >= 0.6 is 0 Å². The van der Waals surface area contributed by atoms with Crippen molar-refractivity contribution in [3.8, 4) is 5.75 Å². The van der Waals surface area contributed by atoms with Crippen LogP contribution < -0.4 is 5.32 Å². The Kier molecular flexibility index (Phi) is 3.80. The van der Waals surface area contributed by atoms with E-state index >= 15 is 0 Å². The first-order valence-corrected chi connectivity index (χ1v) is 5.81. The van der Waals surface area contributed by atoms with Crippen LogP contribution in [0.2, 0.25) is 0 Å². The third kappa shape index (κ3) is 2.54. The highest BCUT2D eigenvalue weighted by Crippen LogP contribution is 2.24. The molecule has 1 aliphatic rings. The van der Waals surface area contributed by atoms with Gasteiger partial charge in [-0.3, -0.25) is 0 Å². The van der Waals surface area contributed by atoms with Crippen molar-refractivity contribution >= 4 is 0 Å². The van der Waals surface area contributed by atoms with Crippen molar-refractivity contribution in [3.05, 3.63) is 29.8 Å². The molecule has 16 heavy (non-hydrogen) atoms. The average molecular weight is 221 g/mol. The molecule has 1 saturated heterocycles. The fourth-order valence-electron chi connectivity index (χ4n) is 2.38. The first-order chi connectivity index (χ1) is 7.81. The molecule has 0 aliphatic carbocycles. The molecular formula is C13H19NO2. The maximum Gasteiger partial charge on any atom is 0.118 e. The zero-order valence-corrected chi connectivity index (χ0v) is 9.65. The van der Waals surface area contributed by atoms with Crippen molar-refractivity contribution in [1.29, 1.82) is 0 Å². The van der Waals surface area contributed by atoms with Crippen molar-refractivity contribution in [1.82, 2.24) is 5.32 Å². The average Bonchev–Trinajstić information content (AvgIpc) is 2.33. The molecule has 1 aromatic carbocycles. The predicted molar refractivity (Wildman–Crippen MR) is 63.6 cm³/mol. The van der Waals surface area contributed by atoms with Crippen LogP contribution in [-0.4, -0.2) is 31.4 Å². The smallest absolute Gasteiger partial charge is 0.118 e. The molecule has 0 bridgehead atoms. The summed E-state index contributed by atoms with van der Waals surface area (Å²) in [5, 5.41) is 13.1. The second-order valence-electron chi connectivity index (χ2n) is 4.36. The summed E-state index contributed by atoms with van der Waals surface area (Å²) in [6.07, 6.45) is 2.23. The van der Waals surface area contributed by atoms with Gasteiger partial charge < -0.3 is 15.2 Å². The van der Waals surface area contributed by atoms with Gasteiger partial charge in [0.15, 0.2) is 0 Å². The Balaban J connectivity index is 2.05. The Morgan fingerprint density at radius 3 is 3.00 bits per heavy atom. The highest BCUT2D eigenvalue weighted by Gasteiger charge is 2.25. The zero-order chi connectivity index (χ0) is 11.4. The molecule has 88 valence electrons. The Morgan fingerprint density at radius 2 is 2.25 bits per heavy atom. The van der Waals surface area contributed by atoms with E-state index in [1.54, 1.807) is 13.2 Å². The molecule has 2 rings (SSSR count). The standard InChI is InChI=1S/C13H19NO2/c1-16-13-6-7-14-9-11(13)8-10-4-2-3-5-12(10)15/h2-5,11,13-15H,6-9H2,1H3. The number of para-hydroxylation sites is 1. The van der Waals surface area contributed by atoms with Crippen molar-refractivity contribution in [2.75, 3.05) is 20.2 Å². The van der Waals surface area contributed by atoms with E-state index < -0.39 is 0 Å². The van der Waals surface area contributed by atoms with E-state index in [2.05, 4.69) is 5.32 Å². The van der Waals surface area contributed by atoms with E-state index in [1.165, 1.54) is 0 Å². The van der Waals surface area contributed by atoms with E-state index in [9.17, 15) is 5.11 Å². The van der Waals surface area contributed by atoms with Gasteiger partial charge in [-0.05, 0) is 31.0 Å². The molecule has 2 unspecified atom stereocenters. The molecule has 0 amide bonds. The Hall–Kier alpha value is -1.06. The number of phenolic OH excluding ortho intramolecular Hbond substituents is 1. The number of piperidine rings is 1. The van der Waals surface area contributed by atoms with Gasteiger partial charge in [0.1, 0.15) is 5.75 Å². The SMILES string of the molecule is COC1CCNCC1Cc1ccccc1O. The van der Waals surface area contributed by atoms with Crippen molar-refractivity contribution in [3.63, 3.8) is 0 Å². The van der Waals surface area contributed by atoms with Gasteiger partial charge in [0, 0.05) is 19.6 Å². The molecule has 3 nitrogen and oxygen atoms in total. The molecule has 1 fully saturated rings. The number of benzene rings is 1. The Morgan fingerprint density at radius 1 is 1.44 bits per heavy atom. The molecule has 1 heterocycles. The van der Waals surface area contributed by atoms with Crippen LogP contribution in [0.25, 0.3) is 0 Å². The summed E-state index contributed by atoms with van der Waals surface area (Å²) in [6, 6.07) is 7.54. The number of hydrogen-bond donors (Lipinski definition) is 2. The monoisotopic (exact) mass is 221 g/mol.